The molecule has 0 aromatic heterocycles. The van der Waals surface area contributed by atoms with Gasteiger partial charge in [0, 0.05) is 10.0 Å². The van der Waals surface area contributed by atoms with E-state index in [-0.39, 0.29) is 6.61 Å². The van der Waals surface area contributed by atoms with Gasteiger partial charge in [0.1, 0.15) is 12.4 Å². The molecule has 0 aliphatic rings. The van der Waals surface area contributed by atoms with Crippen LogP contribution in [0, 0.1) is 0 Å². The number of benzene rings is 1. The van der Waals surface area contributed by atoms with Gasteiger partial charge in [-0.15, -0.1) is 0 Å². The number of carboxylic acids is 1. The number of aliphatic carboxylic acids is 1. The Morgan fingerprint density at radius 3 is 2.71 bits per heavy atom. The van der Waals surface area contributed by atoms with E-state index in [0.717, 1.165) is 8.95 Å². The second-order valence-electron chi connectivity index (χ2n) is 3.27. The Kier molecular flexibility index (Phi) is 5.71. The van der Waals surface area contributed by atoms with Gasteiger partial charge >= 0.3 is 5.97 Å². The monoisotopic (exact) mass is 362 g/mol. The smallest absolute Gasteiger partial charge is 0.331 e. The molecule has 17 heavy (non-hydrogen) atoms. The third-order valence-electron chi connectivity index (χ3n) is 2.12. The lowest BCUT2D eigenvalue weighted by Crippen LogP contribution is -2.03. The first-order valence-corrected chi connectivity index (χ1v) is 6.63. The quantitative estimate of drug-likeness (QED) is 0.804. The van der Waals surface area contributed by atoms with Crippen LogP contribution in [-0.4, -0.2) is 17.7 Å². The van der Waals surface area contributed by atoms with Crippen molar-refractivity contribution in [3.05, 3.63) is 38.8 Å². The molecule has 1 aromatic carbocycles. The number of carboxylic acid groups (broad SMARTS) is 1. The topological polar surface area (TPSA) is 46.5 Å². The Bertz CT molecular complexity index is 441. The average Bonchev–Trinajstić information content (AvgIpc) is 2.26. The first kappa shape index (κ1) is 14.3. The van der Waals surface area contributed by atoms with Gasteiger partial charge in [0.25, 0.3) is 0 Å². The Balaban J connectivity index is 2.65. The molecule has 92 valence electrons. The van der Waals surface area contributed by atoms with Crippen LogP contribution in [0.5, 0.6) is 5.75 Å². The van der Waals surface area contributed by atoms with Crippen LogP contribution in [0.2, 0.25) is 0 Å². The van der Waals surface area contributed by atoms with E-state index in [0.29, 0.717) is 17.7 Å². The number of rotatable bonds is 5. The molecule has 0 saturated heterocycles. The maximum atomic E-state index is 10.7. The summed E-state index contributed by atoms with van der Waals surface area (Å²) >= 11 is 6.71. The third kappa shape index (κ3) is 4.52. The Hall–Kier alpha value is -0.810. The van der Waals surface area contributed by atoms with Crippen LogP contribution >= 0.6 is 31.9 Å². The minimum Gasteiger partial charge on any atom is -0.488 e. The molecule has 0 amide bonds. The summed E-state index contributed by atoms with van der Waals surface area (Å²) in [6.45, 7) is 2.05. The summed E-state index contributed by atoms with van der Waals surface area (Å²) in [5, 5.41) is 8.82. The molecule has 0 spiro atoms. The van der Waals surface area contributed by atoms with Crippen LogP contribution in [0.15, 0.2) is 38.8 Å². The molecule has 3 nitrogen and oxygen atoms in total. The van der Waals surface area contributed by atoms with E-state index < -0.39 is 5.97 Å². The second kappa shape index (κ2) is 6.81. The molecule has 0 aliphatic carbocycles. The first-order valence-electron chi connectivity index (χ1n) is 5.04. The van der Waals surface area contributed by atoms with Crippen LogP contribution in [-0.2, 0) is 4.79 Å². The standard InChI is InChI=1S/C12H12Br2O3/c1-2-8(12(15)16)5-6-17-11-4-3-9(13)7-10(11)14/h3-5,7H,2,6H2,1H3,(H,15,16). The highest BCUT2D eigenvalue weighted by atomic mass is 79.9. The summed E-state index contributed by atoms with van der Waals surface area (Å²) in [6, 6.07) is 5.55. The lowest BCUT2D eigenvalue weighted by molar-refractivity contribution is -0.132. The molecule has 0 atom stereocenters. The van der Waals surface area contributed by atoms with E-state index in [9.17, 15) is 4.79 Å². The number of carbonyl (C=O) groups is 1. The van der Waals surface area contributed by atoms with Crippen molar-refractivity contribution in [2.45, 2.75) is 13.3 Å². The lowest BCUT2D eigenvalue weighted by atomic mass is 10.2. The highest BCUT2D eigenvalue weighted by Gasteiger charge is 2.04. The Labute approximate surface area is 117 Å². The second-order valence-corrected chi connectivity index (χ2v) is 5.04. The van der Waals surface area contributed by atoms with Gasteiger partial charge < -0.3 is 9.84 Å². The molecule has 0 heterocycles. The van der Waals surface area contributed by atoms with Gasteiger partial charge in [0.15, 0.2) is 0 Å². The predicted octanol–water partition coefficient (Wildman–Crippen LogP) is 4.01. The van der Waals surface area contributed by atoms with Crippen LogP contribution in [0.25, 0.3) is 0 Å². The van der Waals surface area contributed by atoms with E-state index in [2.05, 4.69) is 31.9 Å². The van der Waals surface area contributed by atoms with Crippen molar-refractivity contribution in [1.29, 1.82) is 0 Å². The van der Waals surface area contributed by atoms with Crippen molar-refractivity contribution in [3.8, 4) is 5.75 Å². The molecular formula is C12H12Br2O3. The molecule has 1 rings (SSSR count). The van der Waals surface area contributed by atoms with E-state index in [1.807, 2.05) is 18.2 Å². The summed E-state index contributed by atoms with van der Waals surface area (Å²) in [6.07, 6.45) is 2.07. The summed E-state index contributed by atoms with van der Waals surface area (Å²) in [4.78, 5) is 10.7. The largest absolute Gasteiger partial charge is 0.488 e. The maximum absolute atomic E-state index is 10.7. The molecule has 5 heteroatoms. The van der Waals surface area contributed by atoms with Gasteiger partial charge in [-0.2, -0.15) is 0 Å². The van der Waals surface area contributed by atoms with Gasteiger partial charge in [-0.3, -0.25) is 0 Å². The van der Waals surface area contributed by atoms with Crippen LogP contribution in [0.1, 0.15) is 13.3 Å². The number of ether oxygens (including phenoxy) is 1. The van der Waals surface area contributed by atoms with Gasteiger partial charge in [-0.05, 0) is 46.6 Å². The van der Waals surface area contributed by atoms with E-state index in [1.54, 1.807) is 13.0 Å². The average molecular weight is 364 g/mol. The van der Waals surface area contributed by atoms with Gasteiger partial charge in [-0.25, -0.2) is 4.79 Å². The minimum absolute atomic E-state index is 0.246. The van der Waals surface area contributed by atoms with Crippen LogP contribution < -0.4 is 4.74 Å². The molecule has 0 fully saturated rings. The van der Waals surface area contributed by atoms with Crippen molar-refractivity contribution in [2.75, 3.05) is 6.61 Å². The van der Waals surface area contributed by atoms with Crippen LogP contribution in [0.4, 0.5) is 0 Å². The molecule has 0 bridgehead atoms. The minimum atomic E-state index is -0.897. The number of hydrogen-bond acceptors (Lipinski definition) is 2. The van der Waals surface area contributed by atoms with Crippen molar-refractivity contribution in [3.63, 3.8) is 0 Å². The summed E-state index contributed by atoms with van der Waals surface area (Å²) < 4.78 is 7.25. The van der Waals surface area contributed by atoms with Crippen molar-refractivity contribution < 1.29 is 14.6 Å². The van der Waals surface area contributed by atoms with E-state index in [1.165, 1.54) is 0 Å². The Morgan fingerprint density at radius 2 is 2.18 bits per heavy atom. The zero-order chi connectivity index (χ0) is 12.8. The zero-order valence-electron chi connectivity index (χ0n) is 9.24. The SMILES string of the molecule is CCC(=CCOc1ccc(Br)cc1Br)C(=O)O. The fourth-order valence-corrected chi connectivity index (χ4v) is 2.37. The molecule has 0 aliphatic heterocycles. The molecule has 0 radical (unpaired) electrons. The highest BCUT2D eigenvalue weighted by Crippen LogP contribution is 2.28. The van der Waals surface area contributed by atoms with Gasteiger partial charge in [-0.1, -0.05) is 22.9 Å². The number of hydrogen-bond donors (Lipinski definition) is 1. The zero-order valence-corrected chi connectivity index (χ0v) is 12.4. The highest BCUT2D eigenvalue weighted by molar-refractivity contribution is 9.11. The number of halogens is 2. The summed E-state index contributed by atoms with van der Waals surface area (Å²) in [5.74, 6) is -0.212. The first-order chi connectivity index (χ1) is 8.04. The normalized spacial score (nSPS) is 11.4. The fourth-order valence-electron chi connectivity index (χ4n) is 1.21. The van der Waals surface area contributed by atoms with Crippen molar-refractivity contribution in [2.24, 2.45) is 0 Å². The van der Waals surface area contributed by atoms with Gasteiger partial charge in [0.05, 0.1) is 4.47 Å². The van der Waals surface area contributed by atoms with Crippen molar-refractivity contribution >= 4 is 37.8 Å². The maximum Gasteiger partial charge on any atom is 0.331 e. The van der Waals surface area contributed by atoms with E-state index in [4.69, 9.17) is 9.84 Å². The Morgan fingerprint density at radius 1 is 1.47 bits per heavy atom. The molecule has 1 aromatic rings. The lowest BCUT2D eigenvalue weighted by Gasteiger charge is -2.06. The third-order valence-corrected chi connectivity index (χ3v) is 3.23. The van der Waals surface area contributed by atoms with E-state index >= 15 is 0 Å². The molecule has 0 saturated carbocycles. The van der Waals surface area contributed by atoms with Crippen molar-refractivity contribution in [1.82, 2.24) is 0 Å². The van der Waals surface area contributed by atoms with Gasteiger partial charge in [0.2, 0.25) is 0 Å². The molecule has 1 N–H and O–H groups in total. The van der Waals surface area contributed by atoms with Crippen LogP contribution in [0.3, 0.4) is 0 Å². The molecule has 0 unspecified atom stereocenters. The fraction of sp³-hybridized carbons (Fsp3) is 0.250. The molecular weight excluding hydrogens is 352 g/mol. The predicted molar refractivity (Wildman–Crippen MR) is 73.3 cm³/mol. The summed E-state index contributed by atoms with van der Waals surface area (Å²) in [7, 11) is 0. The summed E-state index contributed by atoms with van der Waals surface area (Å²) in [5.41, 5.74) is 0.359.